The van der Waals surface area contributed by atoms with Gasteiger partial charge >= 0.3 is 0 Å². The average molecular weight is 669 g/mol. The Morgan fingerprint density at radius 3 is 2.35 bits per heavy atom. The second kappa shape index (κ2) is 12.1. The first-order valence-electron chi connectivity index (χ1n) is 10.7. The van der Waals surface area contributed by atoms with Crippen LogP contribution in [0.15, 0.2) is 74.5 Å². The molecular formula is C25H17Br2ClN2O6S. The summed E-state index contributed by atoms with van der Waals surface area (Å²) in [5.41, 5.74) is 1.45. The Morgan fingerprint density at radius 1 is 1.03 bits per heavy atom. The average Bonchev–Trinajstić information content (AvgIpc) is 3.12. The molecule has 0 aromatic heterocycles. The number of ether oxygens (including phenoxy) is 2. The molecule has 3 aromatic rings. The van der Waals surface area contributed by atoms with Gasteiger partial charge in [-0.3, -0.25) is 24.6 Å². The summed E-state index contributed by atoms with van der Waals surface area (Å²) >= 11 is 13.9. The van der Waals surface area contributed by atoms with Crippen molar-refractivity contribution in [1.29, 1.82) is 0 Å². The van der Waals surface area contributed by atoms with Crippen molar-refractivity contribution < 1.29 is 24.0 Å². The lowest BCUT2D eigenvalue weighted by Crippen LogP contribution is -2.32. The molecule has 4 rings (SSSR count). The monoisotopic (exact) mass is 666 g/mol. The molecular weight excluding hydrogens is 652 g/mol. The van der Waals surface area contributed by atoms with Gasteiger partial charge in [0, 0.05) is 12.1 Å². The maximum absolute atomic E-state index is 12.8. The molecule has 0 unspecified atom stereocenters. The Kier molecular flexibility index (Phi) is 8.91. The highest BCUT2D eigenvalue weighted by atomic mass is 79.9. The molecule has 1 aliphatic heterocycles. The molecule has 0 aliphatic carbocycles. The summed E-state index contributed by atoms with van der Waals surface area (Å²) < 4.78 is 12.7. The van der Waals surface area contributed by atoms with Crippen LogP contribution in [0.1, 0.15) is 11.1 Å². The normalized spacial score (nSPS) is 14.4. The molecule has 0 spiro atoms. The summed E-state index contributed by atoms with van der Waals surface area (Å²) in [6.07, 6.45) is 1.63. The second-order valence-corrected chi connectivity index (χ2v) is 10.7. The lowest BCUT2D eigenvalue weighted by Gasteiger charge is -2.14. The smallest absolute Gasteiger partial charge is 0.293 e. The zero-order chi connectivity index (χ0) is 26.5. The maximum Gasteiger partial charge on any atom is 0.293 e. The van der Waals surface area contributed by atoms with Crippen LogP contribution in [0.4, 0.5) is 10.5 Å². The molecule has 190 valence electrons. The number of thioether (sulfide) groups is 1. The van der Waals surface area contributed by atoms with Gasteiger partial charge in [0.2, 0.25) is 0 Å². The molecule has 0 radical (unpaired) electrons. The van der Waals surface area contributed by atoms with E-state index < -0.39 is 10.8 Å². The van der Waals surface area contributed by atoms with Crippen LogP contribution < -0.4 is 9.47 Å². The molecule has 0 saturated carbocycles. The van der Waals surface area contributed by atoms with Crippen molar-refractivity contribution in [2.24, 2.45) is 0 Å². The van der Waals surface area contributed by atoms with Gasteiger partial charge < -0.3 is 9.47 Å². The van der Waals surface area contributed by atoms with Crippen LogP contribution in [0.25, 0.3) is 6.08 Å². The zero-order valence-corrected chi connectivity index (χ0v) is 23.6. The van der Waals surface area contributed by atoms with Gasteiger partial charge in [-0.05, 0) is 97.2 Å². The molecule has 1 fully saturated rings. The fourth-order valence-electron chi connectivity index (χ4n) is 3.32. The second-order valence-electron chi connectivity index (χ2n) is 7.64. The largest absolute Gasteiger partial charge is 0.490 e. The molecule has 1 heterocycles. The van der Waals surface area contributed by atoms with E-state index in [1.165, 1.54) is 12.1 Å². The Labute approximate surface area is 238 Å². The molecule has 0 atom stereocenters. The van der Waals surface area contributed by atoms with Gasteiger partial charge in [0.1, 0.15) is 24.7 Å². The van der Waals surface area contributed by atoms with E-state index in [1.807, 2.05) is 0 Å². The Morgan fingerprint density at radius 2 is 1.70 bits per heavy atom. The molecule has 0 bridgehead atoms. The Balaban J connectivity index is 1.40. The number of amides is 2. The lowest BCUT2D eigenvalue weighted by molar-refractivity contribution is -0.384. The van der Waals surface area contributed by atoms with E-state index in [0.29, 0.717) is 35.9 Å². The molecule has 0 N–H and O–H groups in total. The number of carbonyl (C=O) groups is 2. The number of imide groups is 1. The van der Waals surface area contributed by atoms with Crippen molar-refractivity contribution in [3.63, 3.8) is 0 Å². The van der Waals surface area contributed by atoms with Crippen LogP contribution in [0, 0.1) is 10.1 Å². The Hall–Kier alpha value is -2.86. The standard InChI is InChI=1S/C25H17Br2ClN2O6S/c26-18-11-16(12-19(27)23(18)36-14-15-5-7-17(8-6-15)30(33)34)13-22-24(31)29(25(32)37-22)9-10-35-21-4-2-1-3-20(21)28/h1-8,11-13H,9-10,14H2/b22-13-. The topological polar surface area (TPSA) is 99.0 Å². The van der Waals surface area contributed by atoms with Crippen LogP contribution in [0.2, 0.25) is 5.02 Å². The number of nitro groups is 1. The minimum absolute atomic E-state index is 0.00740. The van der Waals surface area contributed by atoms with Crippen molar-refractivity contribution in [1.82, 2.24) is 4.90 Å². The zero-order valence-electron chi connectivity index (χ0n) is 18.9. The van der Waals surface area contributed by atoms with Crippen molar-refractivity contribution in [3.05, 3.63) is 101 Å². The lowest BCUT2D eigenvalue weighted by atomic mass is 10.2. The van der Waals surface area contributed by atoms with Crippen molar-refractivity contribution in [2.45, 2.75) is 6.61 Å². The molecule has 2 amide bonds. The number of hydrogen-bond donors (Lipinski definition) is 0. The number of rotatable bonds is 9. The number of benzene rings is 3. The first-order chi connectivity index (χ1) is 17.7. The van der Waals surface area contributed by atoms with Crippen molar-refractivity contribution in [2.75, 3.05) is 13.2 Å². The van der Waals surface area contributed by atoms with Gasteiger partial charge in [-0.25, -0.2) is 0 Å². The Bertz CT molecular complexity index is 1380. The SMILES string of the molecule is O=C1S/C(=C\c2cc(Br)c(OCc3ccc([N+](=O)[O-])cc3)c(Br)c2)C(=O)N1CCOc1ccccc1Cl. The van der Waals surface area contributed by atoms with Gasteiger partial charge in [-0.1, -0.05) is 23.7 Å². The summed E-state index contributed by atoms with van der Waals surface area (Å²) in [5, 5.41) is 10.9. The molecule has 12 heteroatoms. The number of nitrogens with zero attached hydrogens (tertiary/aromatic N) is 2. The van der Waals surface area contributed by atoms with E-state index in [9.17, 15) is 19.7 Å². The summed E-state index contributed by atoms with van der Waals surface area (Å²) in [5.74, 6) is 0.612. The molecule has 3 aromatic carbocycles. The van der Waals surface area contributed by atoms with E-state index in [0.717, 1.165) is 22.2 Å². The van der Waals surface area contributed by atoms with Crippen LogP contribution in [-0.2, 0) is 11.4 Å². The summed E-state index contributed by atoms with van der Waals surface area (Å²) in [6, 6.07) is 16.6. The minimum Gasteiger partial charge on any atom is -0.490 e. The van der Waals surface area contributed by atoms with E-state index in [4.69, 9.17) is 21.1 Å². The summed E-state index contributed by atoms with van der Waals surface area (Å²) in [6.45, 7) is 0.409. The molecule has 37 heavy (non-hydrogen) atoms. The number of hydrogen-bond acceptors (Lipinski definition) is 7. The number of para-hydroxylation sites is 1. The van der Waals surface area contributed by atoms with Gasteiger partial charge in [0.25, 0.3) is 16.8 Å². The number of non-ortho nitro benzene ring substituents is 1. The van der Waals surface area contributed by atoms with Crippen LogP contribution in [-0.4, -0.2) is 34.1 Å². The van der Waals surface area contributed by atoms with E-state index in [2.05, 4.69) is 31.9 Å². The quantitative estimate of drug-likeness (QED) is 0.133. The first kappa shape index (κ1) is 27.2. The van der Waals surface area contributed by atoms with Gasteiger partial charge in [0.05, 0.1) is 30.3 Å². The number of halogens is 3. The van der Waals surface area contributed by atoms with Crippen LogP contribution >= 0.6 is 55.2 Å². The third-order valence-corrected chi connectivity index (χ3v) is 7.53. The molecule has 1 aliphatic rings. The maximum atomic E-state index is 12.8. The number of nitro benzene ring substituents is 1. The predicted octanol–water partition coefficient (Wildman–Crippen LogP) is 7.47. The van der Waals surface area contributed by atoms with E-state index in [1.54, 1.807) is 54.6 Å². The summed E-state index contributed by atoms with van der Waals surface area (Å²) in [4.78, 5) is 37.0. The van der Waals surface area contributed by atoms with Gasteiger partial charge in [-0.15, -0.1) is 0 Å². The number of carbonyl (C=O) groups excluding carboxylic acids is 2. The molecule has 1 saturated heterocycles. The fraction of sp³-hybridized carbons (Fsp3) is 0.120. The van der Waals surface area contributed by atoms with Crippen molar-refractivity contribution >= 4 is 78.1 Å². The third-order valence-electron chi connectivity index (χ3n) is 5.13. The van der Waals surface area contributed by atoms with Gasteiger partial charge in [-0.2, -0.15) is 0 Å². The molecule has 8 nitrogen and oxygen atoms in total. The van der Waals surface area contributed by atoms with E-state index >= 15 is 0 Å². The van der Waals surface area contributed by atoms with Crippen LogP contribution in [0.5, 0.6) is 11.5 Å². The van der Waals surface area contributed by atoms with E-state index in [-0.39, 0.29) is 30.7 Å². The summed E-state index contributed by atoms with van der Waals surface area (Å²) in [7, 11) is 0. The minimum atomic E-state index is -0.459. The predicted molar refractivity (Wildman–Crippen MR) is 149 cm³/mol. The van der Waals surface area contributed by atoms with Crippen molar-refractivity contribution in [3.8, 4) is 11.5 Å². The van der Waals surface area contributed by atoms with Crippen LogP contribution in [0.3, 0.4) is 0 Å². The third kappa shape index (κ3) is 6.72. The fourth-order valence-corrected chi connectivity index (χ4v) is 5.83. The first-order valence-corrected chi connectivity index (χ1v) is 13.5. The highest BCUT2D eigenvalue weighted by Crippen LogP contribution is 2.38. The highest BCUT2D eigenvalue weighted by molar-refractivity contribution is 9.11. The highest BCUT2D eigenvalue weighted by Gasteiger charge is 2.35. The van der Waals surface area contributed by atoms with Gasteiger partial charge in [0.15, 0.2) is 0 Å².